The van der Waals surface area contributed by atoms with Crippen molar-refractivity contribution in [1.82, 2.24) is 4.90 Å². The number of fused-ring (bicyclic) bond motifs is 1. The molecule has 0 spiro atoms. The van der Waals surface area contributed by atoms with E-state index in [4.69, 9.17) is 4.74 Å². The number of ether oxygens (including phenoxy) is 1. The fourth-order valence-corrected chi connectivity index (χ4v) is 3.23. The van der Waals surface area contributed by atoms with Gasteiger partial charge in [-0.15, -0.1) is 0 Å². The SMILES string of the molecule is O=C(CN1C(=O)c2ccccc2C1=O)OCc1ccc(C(=O)c2ccccc2)cc1. The number of ketones is 1. The first-order valence-electron chi connectivity index (χ1n) is 9.34. The van der Waals surface area contributed by atoms with Crippen molar-refractivity contribution in [3.63, 3.8) is 0 Å². The van der Waals surface area contributed by atoms with Crippen molar-refractivity contribution in [3.05, 3.63) is 107 Å². The molecule has 0 unspecified atom stereocenters. The van der Waals surface area contributed by atoms with Gasteiger partial charge in [-0.25, -0.2) is 0 Å². The van der Waals surface area contributed by atoms with Gasteiger partial charge in [0.2, 0.25) is 0 Å². The minimum atomic E-state index is -0.686. The number of amides is 2. The maximum Gasteiger partial charge on any atom is 0.326 e. The minimum absolute atomic E-state index is 0.0260. The van der Waals surface area contributed by atoms with Gasteiger partial charge < -0.3 is 4.74 Å². The van der Waals surface area contributed by atoms with Crippen molar-refractivity contribution >= 4 is 23.6 Å². The van der Waals surface area contributed by atoms with Crippen molar-refractivity contribution < 1.29 is 23.9 Å². The number of imide groups is 1. The Balaban J connectivity index is 1.34. The quantitative estimate of drug-likeness (QED) is 0.361. The maximum absolute atomic E-state index is 12.4. The highest BCUT2D eigenvalue weighted by molar-refractivity contribution is 6.22. The van der Waals surface area contributed by atoms with Crippen LogP contribution in [0.2, 0.25) is 0 Å². The molecule has 0 bridgehead atoms. The van der Waals surface area contributed by atoms with Crippen LogP contribution in [0.5, 0.6) is 0 Å². The molecule has 1 aliphatic heterocycles. The predicted molar refractivity (Wildman–Crippen MR) is 108 cm³/mol. The summed E-state index contributed by atoms with van der Waals surface area (Å²) in [6.07, 6.45) is 0. The van der Waals surface area contributed by atoms with Crippen LogP contribution in [-0.2, 0) is 16.1 Å². The molecule has 0 saturated carbocycles. The summed E-state index contributed by atoms with van der Waals surface area (Å²) in [4.78, 5) is 50.1. The maximum atomic E-state index is 12.4. The first-order chi connectivity index (χ1) is 14.5. The van der Waals surface area contributed by atoms with Gasteiger partial charge in [0.15, 0.2) is 5.78 Å². The highest BCUT2D eigenvalue weighted by Gasteiger charge is 2.36. The second-order valence-electron chi connectivity index (χ2n) is 6.79. The number of rotatable bonds is 6. The summed E-state index contributed by atoms with van der Waals surface area (Å²) in [7, 11) is 0. The van der Waals surface area contributed by atoms with Crippen molar-refractivity contribution in [2.75, 3.05) is 6.54 Å². The smallest absolute Gasteiger partial charge is 0.326 e. The fraction of sp³-hybridized carbons (Fsp3) is 0.0833. The molecule has 1 heterocycles. The van der Waals surface area contributed by atoms with E-state index in [0.717, 1.165) is 4.90 Å². The van der Waals surface area contributed by atoms with Crippen molar-refractivity contribution in [3.8, 4) is 0 Å². The van der Waals surface area contributed by atoms with Crippen LogP contribution < -0.4 is 0 Å². The Morgan fingerprint density at radius 2 is 1.23 bits per heavy atom. The largest absolute Gasteiger partial charge is 0.459 e. The summed E-state index contributed by atoms with van der Waals surface area (Å²) in [6, 6.07) is 22.1. The zero-order chi connectivity index (χ0) is 21.1. The Labute approximate surface area is 172 Å². The summed E-state index contributed by atoms with van der Waals surface area (Å²) in [5.74, 6) is -1.79. The monoisotopic (exact) mass is 399 g/mol. The lowest BCUT2D eigenvalue weighted by atomic mass is 10.0. The van der Waals surface area contributed by atoms with E-state index in [-0.39, 0.29) is 23.5 Å². The standard InChI is InChI=1S/C24H17NO5/c26-21(14-25-23(28)19-8-4-5-9-20(19)24(25)29)30-15-16-10-12-18(13-11-16)22(27)17-6-2-1-3-7-17/h1-13H,14-15H2. The Bertz CT molecular complexity index is 1100. The van der Waals surface area contributed by atoms with E-state index in [9.17, 15) is 19.2 Å². The van der Waals surface area contributed by atoms with Gasteiger partial charge in [0.25, 0.3) is 11.8 Å². The van der Waals surface area contributed by atoms with Crippen molar-refractivity contribution in [2.24, 2.45) is 0 Å². The van der Waals surface area contributed by atoms with Gasteiger partial charge in [-0.3, -0.25) is 24.1 Å². The molecule has 0 atom stereocenters. The van der Waals surface area contributed by atoms with Crippen molar-refractivity contribution in [1.29, 1.82) is 0 Å². The summed E-state index contributed by atoms with van der Waals surface area (Å²) >= 11 is 0. The molecular weight excluding hydrogens is 382 g/mol. The van der Waals surface area contributed by atoms with Crippen LogP contribution in [0.3, 0.4) is 0 Å². The highest BCUT2D eigenvalue weighted by Crippen LogP contribution is 2.22. The molecular formula is C24H17NO5. The van der Waals surface area contributed by atoms with Crippen LogP contribution >= 0.6 is 0 Å². The van der Waals surface area contributed by atoms with Gasteiger partial charge >= 0.3 is 5.97 Å². The number of benzene rings is 3. The van der Waals surface area contributed by atoms with Crippen LogP contribution in [0.25, 0.3) is 0 Å². The van der Waals surface area contributed by atoms with E-state index >= 15 is 0 Å². The Hall–Kier alpha value is -4.06. The van der Waals surface area contributed by atoms with Crippen LogP contribution in [-0.4, -0.2) is 35.0 Å². The molecule has 0 fully saturated rings. The Morgan fingerprint density at radius 3 is 1.83 bits per heavy atom. The molecule has 0 radical (unpaired) electrons. The minimum Gasteiger partial charge on any atom is -0.459 e. The van der Waals surface area contributed by atoms with Crippen LogP contribution in [0.15, 0.2) is 78.9 Å². The molecule has 0 aliphatic carbocycles. The van der Waals surface area contributed by atoms with E-state index in [1.54, 1.807) is 72.8 Å². The number of carbonyl (C=O) groups excluding carboxylic acids is 4. The number of nitrogens with zero attached hydrogens (tertiary/aromatic N) is 1. The summed E-state index contributed by atoms with van der Waals surface area (Å²) in [5, 5.41) is 0. The molecule has 3 aromatic rings. The normalized spacial score (nSPS) is 12.6. The Kier molecular flexibility index (Phi) is 5.22. The topological polar surface area (TPSA) is 80.8 Å². The molecule has 4 rings (SSSR count). The van der Waals surface area contributed by atoms with Crippen molar-refractivity contribution in [2.45, 2.75) is 6.61 Å². The second kappa shape index (κ2) is 8.13. The highest BCUT2D eigenvalue weighted by atomic mass is 16.5. The number of hydrogen-bond donors (Lipinski definition) is 0. The van der Waals surface area contributed by atoms with E-state index in [2.05, 4.69) is 0 Å². The Morgan fingerprint density at radius 1 is 0.700 bits per heavy atom. The second-order valence-corrected chi connectivity index (χ2v) is 6.79. The molecule has 148 valence electrons. The molecule has 0 N–H and O–H groups in total. The first-order valence-corrected chi connectivity index (χ1v) is 9.34. The third-order valence-electron chi connectivity index (χ3n) is 4.82. The van der Waals surface area contributed by atoms with Gasteiger partial charge in [0.05, 0.1) is 11.1 Å². The molecule has 6 nitrogen and oxygen atoms in total. The van der Waals surface area contributed by atoms with Gasteiger partial charge in [0.1, 0.15) is 13.2 Å². The average molecular weight is 399 g/mol. The number of esters is 1. The lowest BCUT2D eigenvalue weighted by Crippen LogP contribution is -2.35. The van der Waals surface area contributed by atoms with E-state index in [0.29, 0.717) is 16.7 Å². The molecule has 0 saturated heterocycles. The van der Waals surface area contributed by atoms with Gasteiger partial charge in [-0.05, 0) is 17.7 Å². The average Bonchev–Trinajstić information content (AvgIpc) is 3.03. The molecule has 30 heavy (non-hydrogen) atoms. The fourth-order valence-electron chi connectivity index (χ4n) is 3.23. The zero-order valence-electron chi connectivity index (χ0n) is 15.9. The van der Waals surface area contributed by atoms with Gasteiger partial charge in [-0.1, -0.05) is 66.7 Å². The summed E-state index contributed by atoms with van der Waals surface area (Å²) in [5.41, 5.74) is 2.39. The third-order valence-corrected chi connectivity index (χ3v) is 4.82. The van der Waals surface area contributed by atoms with Crippen LogP contribution in [0, 0.1) is 0 Å². The van der Waals surface area contributed by atoms with Gasteiger partial charge in [-0.2, -0.15) is 0 Å². The molecule has 3 aromatic carbocycles. The number of carbonyl (C=O) groups is 4. The summed E-state index contributed by atoms with van der Waals surface area (Å²) in [6.45, 7) is -0.473. The summed E-state index contributed by atoms with van der Waals surface area (Å²) < 4.78 is 5.20. The zero-order valence-corrected chi connectivity index (χ0v) is 15.9. The first kappa shape index (κ1) is 19.3. The number of hydrogen-bond acceptors (Lipinski definition) is 5. The molecule has 2 amide bonds. The molecule has 1 aliphatic rings. The van der Waals surface area contributed by atoms with Gasteiger partial charge in [0, 0.05) is 11.1 Å². The molecule has 0 aromatic heterocycles. The van der Waals surface area contributed by atoms with E-state index < -0.39 is 24.3 Å². The van der Waals surface area contributed by atoms with E-state index in [1.165, 1.54) is 0 Å². The van der Waals surface area contributed by atoms with Crippen LogP contribution in [0.1, 0.15) is 42.2 Å². The lowest BCUT2D eigenvalue weighted by Gasteiger charge is -2.13. The third kappa shape index (κ3) is 3.75. The van der Waals surface area contributed by atoms with E-state index in [1.807, 2.05) is 6.07 Å². The lowest BCUT2D eigenvalue weighted by molar-refractivity contribution is -0.145. The molecule has 6 heteroatoms. The van der Waals surface area contributed by atoms with Crippen LogP contribution in [0.4, 0.5) is 0 Å². The predicted octanol–water partition coefficient (Wildman–Crippen LogP) is 3.26.